The Morgan fingerprint density at radius 1 is 1.40 bits per heavy atom. The summed E-state index contributed by atoms with van der Waals surface area (Å²) in [6.45, 7) is 3.66. The van der Waals surface area contributed by atoms with Crippen LogP contribution in [-0.4, -0.2) is 36.9 Å². The fraction of sp³-hybridized carbons (Fsp3) is 0.529. The minimum Gasteiger partial charge on any atom is -0.393 e. The Kier molecular flexibility index (Phi) is 4.71. The van der Waals surface area contributed by atoms with E-state index in [0.29, 0.717) is 12.8 Å². The van der Waals surface area contributed by atoms with Crippen molar-refractivity contribution < 1.29 is 9.90 Å². The molecule has 1 fully saturated rings. The lowest BCUT2D eigenvalue weighted by atomic mass is 9.75. The molecule has 0 aliphatic heterocycles. The third-order valence-electron chi connectivity index (χ3n) is 4.80. The van der Waals surface area contributed by atoms with Crippen LogP contribution in [0.15, 0.2) is 12.4 Å². The Bertz CT molecular complexity index is 758. The van der Waals surface area contributed by atoms with Gasteiger partial charge in [-0.3, -0.25) is 9.48 Å². The van der Waals surface area contributed by atoms with Crippen molar-refractivity contribution in [1.82, 2.24) is 25.1 Å². The van der Waals surface area contributed by atoms with Crippen molar-refractivity contribution in [3.63, 3.8) is 0 Å². The molecule has 1 aliphatic carbocycles. The third-order valence-corrected chi connectivity index (χ3v) is 4.80. The van der Waals surface area contributed by atoms with Crippen molar-refractivity contribution >= 4 is 11.9 Å². The number of carbonyl (C=O) groups excluding carboxylic acids is 1. The molecule has 2 aromatic rings. The number of carbonyl (C=O) groups is 1. The smallest absolute Gasteiger partial charge is 0.225 e. The van der Waals surface area contributed by atoms with Crippen LogP contribution >= 0.6 is 0 Å². The number of nitrogens with zero attached hydrogens (tertiary/aromatic N) is 4. The first-order chi connectivity index (χ1) is 11.8. The van der Waals surface area contributed by atoms with Gasteiger partial charge in [-0.25, -0.2) is 9.97 Å². The third kappa shape index (κ3) is 3.79. The minimum absolute atomic E-state index is 0.102. The number of hydrogen-bond donors (Lipinski definition) is 3. The summed E-state index contributed by atoms with van der Waals surface area (Å²) < 4.78 is 1.71. The number of rotatable bonds is 5. The molecule has 0 unspecified atom stereocenters. The second-order valence-corrected chi connectivity index (χ2v) is 6.79. The van der Waals surface area contributed by atoms with Crippen LogP contribution in [0.2, 0.25) is 0 Å². The number of aliphatic hydroxyl groups excluding tert-OH is 1. The molecule has 0 radical (unpaired) electrons. The van der Waals surface area contributed by atoms with E-state index in [-0.39, 0.29) is 36.3 Å². The predicted molar refractivity (Wildman–Crippen MR) is 92.4 cm³/mol. The van der Waals surface area contributed by atoms with E-state index in [9.17, 15) is 9.90 Å². The molecule has 2 heterocycles. The summed E-state index contributed by atoms with van der Waals surface area (Å²) in [6.07, 6.45) is 4.95. The summed E-state index contributed by atoms with van der Waals surface area (Å²) in [6, 6.07) is -0.153. The van der Waals surface area contributed by atoms with Crippen molar-refractivity contribution in [1.29, 1.82) is 0 Å². The van der Waals surface area contributed by atoms with Crippen LogP contribution in [0, 0.1) is 19.8 Å². The number of nitrogens with two attached hydrogens (primary N) is 1. The van der Waals surface area contributed by atoms with Gasteiger partial charge in [0.25, 0.3) is 0 Å². The molecule has 8 nitrogen and oxygen atoms in total. The maximum atomic E-state index is 12.6. The molecular formula is C17H24N6O2. The van der Waals surface area contributed by atoms with E-state index >= 15 is 0 Å². The van der Waals surface area contributed by atoms with Crippen molar-refractivity contribution in [2.24, 2.45) is 13.0 Å². The first-order valence-electron chi connectivity index (χ1n) is 8.39. The summed E-state index contributed by atoms with van der Waals surface area (Å²) in [5.74, 6) is 0.332. The Morgan fingerprint density at radius 3 is 2.56 bits per heavy atom. The van der Waals surface area contributed by atoms with Gasteiger partial charge in [0.05, 0.1) is 24.8 Å². The van der Waals surface area contributed by atoms with Crippen LogP contribution in [0.5, 0.6) is 0 Å². The van der Waals surface area contributed by atoms with E-state index in [0.717, 1.165) is 22.5 Å². The second kappa shape index (κ2) is 6.79. The molecular weight excluding hydrogens is 320 g/mol. The molecule has 3 rings (SSSR count). The highest BCUT2D eigenvalue weighted by Gasteiger charge is 2.36. The number of nitrogen functional groups attached to an aromatic ring is 1. The van der Waals surface area contributed by atoms with Crippen molar-refractivity contribution in [2.45, 2.75) is 45.3 Å². The number of amides is 1. The average molecular weight is 344 g/mol. The molecule has 1 amide bonds. The standard InChI is InChI=1S/C17H24N6O2/c1-9-14(10(2)21-17(18)20-9)6-15(25)22-16(11-4-13(24)5-11)12-7-19-23(3)8-12/h7-8,11,13,16,24H,4-6H2,1-3H3,(H,22,25)(H2,18,20,21)/t11?,13?,16-/m0/s1. The molecule has 25 heavy (non-hydrogen) atoms. The molecule has 4 N–H and O–H groups in total. The molecule has 1 atom stereocenters. The molecule has 0 spiro atoms. The highest BCUT2D eigenvalue weighted by molar-refractivity contribution is 5.79. The Balaban J connectivity index is 1.75. The SMILES string of the molecule is Cc1nc(N)nc(C)c1CC(=O)N[C@H](c1cnn(C)c1)C1CC(O)C1. The highest BCUT2D eigenvalue weighted by Crippen LogP contribution is 2.38. The fourth-order valence-electron chi connectivity index (χ4n) is 3.38. The zero-order valence-electron chi connectivity index (χ0n) is 14.7. The van der Waals surface area contributed by atoms with E-state index in [1.807, 2.05) is 27.1 Å². The van der Waals surface area contributed by atoms with Gasteiger partial charge in [-0.05, 0) is 32.6 Å². The quantitative estimate of drug-likeness (QED) is 0.730. The van der Waals surface area contributed by atoms with Gasteiger partial charge in [0.1, 0.15) is 0 Å². The topological polar surface area (TPSA) is 119 Å². The molecule has 0 saturated heterocycles. The van der Waals surface area contributed by atoms with Gasteiger partial charge < -0.3 is 16.2 Å². The maximum absolute atomic E-state index is 12.6. The number of aryl methyl sites for hydroxylation is 3. The van der Waals surface area contributed by atoms with Crippen molar-refractivity contribution in [2.75, 3.05) is 5.73 Å². The fourth-order valence-corrected chi connectivity index (χ4v) is 3.38. The second-order valence-electron chi connectivity index (χ2n) is 6.79. The Hall–Kier alpha value is -2.48. The van der Waals surface area contributed by atoms with Gasteiger partial charge in [0, 0.05) is 35.8 Å². The van der Waals surface area contributed by atoms with Gasteiger partial charge in [0.2, 0.25) is 11.9 Å². The molecule has 2 aromatic heterocycles. The average Bonchev–Trinajstić information content (AvgIpc) is 2.92. The number of aromatic nitrogens is 4. The summed E-state index contributed by atoms with van der Waals surface area (Å²) in [5, 5.41) is 16.9. The van der Waals surface area contributed by atoms with Gasteiger partial charge in [-0.15, -0.1) is 0 Å². The normalized spacial score (nSPS) is 20.8. The summed E-state index contributed by atoms with van der Waals surface area (Å²) in [4.78, 5) is 20.9. The van der Waals surface area contributed by atoms with E-state index < -0.39 is 0 Å². The summed E-state index contributed by atoms with van der Waals surface area (Å²) >= 11 is 0. The lowest BCUT2D eigenvalue weighted by molar-refractivity contribution is -0.122. The first-order valence-corrected chi connectivity index (χ1v) is 8.39. The minimum atomic E-state index is -0.281. The molecule has 0 bridgehead atoms. The van der Waals surface area contributed by atoms with Crippen LogP contribution < -0.4 is 11.1 Å². The molecule has 0 aromatic carbocycles. The van der Waals surface area contributed by atoms with E-state index in [1.54, 1.807) is 10.9 Å². The maximum Gasteiger partial charge on any atom is 0.225 e. The lowest BCUT2D eigenvalue weighted by Gasteiger charge is -2.37. The zero-order chi connectivity index (χ0) is 18.1. The Morgan fingerprint density at radius 2 is 2.04 bits per heavy atom. The largest absolute Gasteiger partial charge is 0.393 e. The van der Waals surface area contributed by atoms with E-state index in [4.69, 9.17) is 5.73 Å². The summed E-state index contributed by atoms with van der Waals surface area (Å²) in [7, 11) is 1.84. The van der Waals surface area contributed by atoms with Gasteiger partial charge >= 0.3 is 0 Å². The number of aliphatic hydroxyl groups is 1. The van der Waals surface area contributed by atoms with Gasteiger partial charge in [-0.1, -0.05) is 0 Å². The van der Waals surface area contributed by atoms with Crippen LogP contribution in [0.3, 0.4) is 0 Å². The van der Waals surface area contributed by atoms with Crippen LogP contribution in [-0.2, 0) is 18.3 Å². The molecule has 134 valence electrons. The first kappa shape index (κ1) is 17.3. The highest BCUT2D eigenvalue weighted by atomic mass is 16.3. The molecule has 8 heteroatoms. The summed E-state index contributed by atoms with van der Waals surface area (Å²) in [5.41, 5.74) is 8.83. The van der Waals surface area contributed by atoms with Gasteiger partial charge in [-0.2, -0.15) is 5.10 Å². The molecule has 1 saturated carbocycles. The number of hydrogen-bond acceptors (Lipinski definition) is 6. The van der Waals surface area contributed by atoms with Crippen molar-refractivity contribution in [3.8, 4) is 0 Å². The van der Waals surface area contributed by atoms with Gasteiger partial charge in [0.15, 0.2) is 0 Å². The predicted octanol–water partition coefficient (Wildman–Crippen LogP) is 0.580. The van der Waals surface area contributed by atoms with Crippen LogP contribution in [0.1, 0.15) is 41.4 Å². The Labute approximate surface area is 146 Å². The van der Waals surface area contributed by atoms with E-state index in [1.165, 1.54) is 0 Å². The number of anilines is 1. The monoisotopic (exact) mass is 344 g/mol. The lowest BCUT2D eigenvalue weighted by Crippen LogP contribution is -2.41. The van der Waals surface area contributed by atoms with Crippen LogP contribution in [0.25, 0.3) is 0 Å². The van der Waals surface area contributed by atoms with Crippen molar-refractivity contribution in [3.05, 3.63) is 34.9 Å². The van der Waals surface area contributed by atoms with Crippen LogP contribution in [0.4, 0.5) is 5.95 Å². The molecule has 1 aliphatic rings. The number of nitrogens with one attached hydrogen (secondary N) is 1. The zero-order valence-corrected chi connectivity index (χ0v) is 14.7. The van der Waals surface area contributed by atoms with E-state index in [2.05, 4.69) is 20.4 Å².